The van der Waals surface area contributed by atoms with Crippen LogP contribution in [0.1, 0.15) is 17.3 Å². The summed E-state index contributed by atoms with van der Waals surface area (Å²) in [5.41, 5.74) is 0.265. The molecule has 0 bridgehead atoms. The van der Waals surface area contributed by atoms with Crippen LogP contribution in [0.15, 0.2) is 40.9 Å². The minimum atomic E-state index is -0.546. The minimum absolute atomic E-state index is 0.0960. The van der Waals surface area contributed by atoms with Crippen LogP contribution in [0, 0.1) is 10.1 Å². The molecule has 0 saturated carbocycles. The Morgan fingerprint density at radius 3 is 2.52 bits per heavy atom. The van der Waals surface area contributed by atoms with Gasteiger partial charge in [0.05, 0.1) is 15.5 Å². The van der Waals surface area contributed by atoms with Gasteiger partial charge >= 0.3 is 0 Å². The summed E-state index contributed by atoms with van der Waals surface area (Å²) in [6, 6.07) is 8.86. The number of carbonyl (C=O) groups is 1. The molecule has 0 saturated heterocycles. The number of halogens is 2. The number of carbonyl (C=O) groups excluding carboxylic acids is 1. The van der Waals surface area contributed by atoms with Gasteiger partial charge in [-0.3, -0.25) is 14.9 Å². The number of Topliss-reactive ketones (excluding diaryl/α,β-unsaturated/α-hetero) is 1. The van der Waals surface area contributed by atoms with E-state index in [4.69, 9.17) is 16.3 Å². The maximum Gasteiger partial charge on any atom is 0.271 e. The number of nitro groups is 1. The van der Waals surface area contributed by atoms with Crippen LogP contribution in [0.4, 0.5) is 5.69 Å². The molecular weight excluding hydrogens is 362 g/mol. The number of benzene rings is 2. The maximum atomic E-state index is 11.6. The van der Waals surface area contributed by atoms with Crippen molar-refractivity contribution in [1.29, 1.82) is 0 Å². The molecule has 0 spiro atoms. The molecule has 7 heteroatoms. The number of hydrogen-bond donors (Lipinski definition) is 0. The van der Waals surface area contributed by atoms with Gasteiger partial charge in [0.25, 0.3) is 5.69 Å². The Labute approximate surface area is 133 Å². The number of nitro benzene ring substituents is 1. The van der Waals surface area contributed by atoms with Gasteiger partial charge in [-0.05, 0) is 31.2 Å². The molecule has 5 nitrogen and oxygen atoms in total. The predicted octanol–water partition coefficient (Wildman–Crippen LogP) is 5.01. The number of non-ortho nitro benzene ring substituents is 1. The largest absolute Gasteiger partial charge is 0.455 e. The van der Waals surface area contributed by atoms with Gasteiger partial charge in [-0.2, -0.15) is 0 Å². The first-order valence-electron chi connectivity index (χ1n) is 5.81. The summed E-state index contributed by atoms with van der Waals surface area (Å²) in [4.78, 5) is 21.7. The van der Waals surface area contributed by atoms with Crippen LogP contribution in [-0.2, 0) is 0 Å². The molecule has 2 aromatic carbocycles. The fourth-order valence-corrected chi connectivity index (χ4v) is 2.23. The fraction of sp³-hybridized carbons (Fsp3) is 0.0714. The molecule has 0 radical (unpaired) electrons. The molecule has 0 amide bonds. The lowest BCUT2D eigenvalue weighted by Crippen LogP contribution is -1.97. The van der Waals surface area contributed by atoms with Crippen molar-refractivity contribution < 1.29 is 14.5 Å². The van der Waals surface area contributed by atoms with Crippen molar-refractivity contribution in [3.05, 3.63) is 61.6 Å². The molecule has 0 N–H and O–H groups in total. The van der Waals surface area contributed by atoms with Gasteiger partial charge in [0.1, 0.15) is 11.5 Å². The van der Waals surface area contributed by atoms with Crippen molar-refractivity contribution in [3.63, 3.8) is 0 Å². The van der Waals surface area contributed by atoms with E-state index in [1.807, 2.05) is 0 Å². The highest BCUT2D eigenvalue weighted by Crippen LogP contribution is 2.35. The molecule has 0 aliphatic rings. The van der Waals surface area contributed by atoms with E-state index in [2.05, 4.69) is 15.9 Å². The smallest absolute Gasteiger partial charge is 0.271 e. The highest BCUT2D eigenvalue weighted by Gasteiger charge is 2.14. The zero-order chi connectivity index (χ0) is 15.6. The van der Waals surface area contributed by atoms with Crippen LogP contribution in [0.5, 0.6) is 11.5 Å². The van der Waals surface area contributed by atoms with E-state index in [1.165, 1.54) is 25.1 Å². The highest BCUT2D eigenvalue weighted by molar-refractivity contribution is 9.10. The maximum absolute atomic E-state index is 11.6. The second kappa shape index (κ2) is 6.24. The van der Waals surface area contributed by atoms with Gasteiger partial charge in [-0.1, -0.05) is 27.5 Å². The first kappa shape index (κ1) is 15.5. The lowest BCUT2D eigenvalue weighted by atomic mass is 10.1. The number of rotatable bonds is 4. The van der Waals surface area contributed by atoms with E-state index in [1.54, 1.807) is 18.2 Å². The summed E-state index contributed by atoms with van der Waals surface area (Å²) in [5.74, 6) is 0.408. The summed E-state index contributed by atoms with van der Waals surface area (Å²) in [6.07, 6.45) is 0. The van der Waals surface area contributed by atoms with Crippen molar-refractivity contribution in [2.45, 2.75) is 6.92 Å². The first-order valence-corrected chi connectivity index (χ1v) is 6.98. The second-order valence-electron chi connectivity index (χ2n) is 4.17. The Bertz CT molecular complexity index is 733. The summed E-state index contributed by atoms with van der Waals surface area (Å²) in [6.45, 7) is 1.42. The first-order chi connectivity index (χ1) is 9.88. The van der Waals surface area contributed by atoms with Gasteiger partial charge in [-0.25, -0.2) is 0 Å². The van der Waals surface area contributed by atoms with Gasteiger partial charge in [0, 0.05) is 16.6 Å². The molecular formula is C14H9BrClNO4. The van der Waals surface area contributed by atoms with Crippen molar-refractivity contribution in [2.24, 2.45) is 0 Å². The third-order valence-electron chi connectivity index (χ3n) is 2.67. The van der Waals surface area contributed by atoms with Gasteiger partial charge < -0.3 is 4.74 Å². The van der Waals surface area contributed by atoms with E-state index >= 15 is 0 Å². The average Bonchev–Trinajstić information content (AvgIpc) is 2.40. The Morgan fingerprint density at radius 2 is 1.95 bits per heavy atom. The topological polar surface area (TPSA) is 69.4 Å². The number of hydrogen-bond acceptors (Lipinski definition) is 4. The quantitative estimate of drug-likeness (QED) is 0.431. The highest BCUT2D eigenvalue weighted by atomic mass is 79.9. The zero-order valence-electron chi connectivity index (χ0n) is 10.8. The third-order valence-corrected chi connectivity index (χ3v) is 3.46. The van der Waals surface area contributed by atoms with Crippen LogP contribution < -0.4 is 4.74 Å². The summed E-state index contributed by atoms with van der Waals surface area (Å²) >= 11 is 9.26. The van der Waals surface area contributed by atoms with E-state index in [-0.39, 0.29) is 22.2 Å². The van der Waals surface area contributed by atoms with Crippen LogP contribution in [0.25, 0.3) is 0 Å². The third kappa shape index (κ3) is 3.59. The molecule has 108 valence electrons. The van der Waals surface area contributed by atoms with Crippen molar-refractivity contribution in [1.82, 2.24) is 0 Å². The Hall–Kier alpha value is -1.92. The van der Waals surface area contributed by atoms with E-state index < -0.39 is 4.92 Å². The Balaban J connectivity index is 2.40. The number of ketones is 1. The van der Waals surface area contributed by atoms with Crippen molar-refractivity contribution in [3.8, 4) is 11.5 Å². The molecule has 2 rings (SSSR count). The summed E-state index contributed by atoms with van der Waals surface area (Å²) < 4.78 is 6.35. The van der Waals surface area contributed by atoms with Gasteiger partial charge in [-0.15, -0.1) is 0 Å². The Kier molecular flexibility index (Phi) is 4.59. The fourth-order valence-electron chi connectivity index (χ4n) is 1.68. The van der Waals surface area contributed by atoms with Crippen LogP contribution in [0.2, 0.25) is 5.02 Å². The molecule has 2 aromatic rings. The van der Waals surface area contributed by atoms with Crippen LogP contribution in [0.3, 0.4) is 0 Å². The van der Waals surface area contributed by atoms with E-state index in [0.717, 1.165) is 4.47 Å². The zero-order valence-corrected chi connectivity index (χ0v) is 13.1. The van der Waals surface area contributed by atoms with Crippen LogP contribution >= 0.6 is 27.5 Å². The molecule has 0 atom stereocenters. The number of ether oxygens (including phenoxy) is 1. The lowest BCUT2D eigenvalue weighted by Gasteiger charge is -2.11. The predicted molar refractivity (Wildman–Crippen MR) is 82.3 cm³/mol. The van der Waals surface area contributed by atoms with Gasteiger partial charge in [0.2, 0.25) is 0 Å². The van der Waals surface area contributed by atoms with Gasteiger partial charge in [0.15, 0.2) is 5.78 Å². The van der Waals surface area contributed by atoms with E-state index in [9.17, 15) is 14.9 Å². The number of nitrogens with zero attached hydrogens (tertiary/aromatic N) is 1. The minimum Gasteiger partial charge on any atom is -0.455 e. The van der Waals surface area contributed by atoms with Crippen molar-refractivity contribution in [2.75, 3.05) is 0 Å². The molecule has 0 aliphatic carbocycles. The standard InChI is InChI=1S/C14H9BrClNO4/c1-8(18)11-4-2-9(15)6-14(11)21-13-5-3-10(17(19)20)7-12(13)16/h2-7H,1H3. The normalized spacial score (nSPS) is 10.2. The molecule has 0 unspecified atom stereocenters. The SMILES string of the molecule is CC(=O)c1ccc(Br)cc1Oc1ccc([N+](=O)[O-])cc1Cl. The van der Waals surface area contributed by atoms with Crippen molar-refractivity contribution >= 4 is 39.0 Å². The Morgan fingerprint density at radius 1 is 1.24 bits per heavy atom. The molecule has 0 heterocycles. The molecule has 0 aliphatic heterocycles. The van der Waals surface area contributed by atoms with E-state index in [0.29, 0.717) is 11.3 Å². The summed E-state index contributed by atoms with van der Waals surface area (Å²) in [7, 11) is 0. The average molecular weight is 371 g/mol. The lowest BCUT2D eigenvalue weighted by molar-refractivity contribution is -0.384. The monoisotopic (exact) mass is 369 g/mol. The second-order valence-corrected chi connectivity index (χ2v) is 5.49. The molecule has 21 heavy (non-hydrogen) atoms. The van der Waals surface area contributed by atoms with Crippen LogP contribution in [-0.4, -0.2) is 10.7 Å². The summed E-state index contributed by atoms with van der Waals surface area (Å²) in [5, 5.41) is 10.8. The molecule has 0 fully saturated rings. The molecule has 0 aromatic heterocycles.